The number of hydrogen-bond acceptors (Lipinski definition) is 4. The monoisotopic (exact) mass is 323 g/mol. The summed E-state index contributed by atoms with van der Waals surface area (Å²) in [7, 11) is 0. The average molecular weight is 324 g/mol. The van der Waals surface area contributed by atoms with Crippen LogP contribution in [0.4, 0.5) is 5.82 Å². The molecule has 0 atom stereocenters. The van der Waals surface area contributed by atoms with E-state index in [1.807, 2.05) is 24.3 Å². The van der Waals surface area contributed by atoms with Gasteiger partial charge in [0, 0.05) is 15.8 Å². The van der Waals surface area contributed by atoms with Gasteiger partial charge in [-0.2, -0.15) is 0 Å². The molecule has 3 nitrogen and oxygen atoms in total. The fourth-order valence-corrected chi connectivity index (χ4v) is 3.95. The van der Waals surface area contributed by atoms with Crippen LogP contribution in [0.5, 0.6) is 0 Å². The molecule has 1 aliphatic rings. The number of hydrogen-bond donors (Lipinski definition) is 1. The highest BCUT2D eigenvalue weighted by Gasteiger charge is 2.14. The molecule has 94 valence electrons. The zero-order valence-corrected chi connectivity index (χ0v) is 12.6. The molecule has 0 unspecified atom stereocenters. The van der Waals surface area contributed by atoms with Gasteiger partial charge in [0.05, 0.1) is 6.54 Å². The van der Waals surface area contributed by atoms with Crippen molar-refractivity contribution in [2.75, 3.05) is 5.32 Å². The minimum atomic E-state index is 0.778. The van der Waals surface area contributed by atoms with Gasteiger partial charge in [0.25, 0.3) is 0 Å². The van der Waals surface area contributed by atoms with Crippen molar-refractivity contribution in [1.29, 1.82) is 0 Å². The maximum atomic E-state index is 4.36. The summed E-state index contributed by atoms with van der Waals surface area (Å²) in [5.74, 6) is 1.66. The van der Waals surface area contributed by atoms with E-state index in [2.05, 4.69) is 37.3 Å². The molecule has 1 N–H and O–H groups in total. The zero-order chi connectivity index (χ0) is 12.5. The summed E-state index contributed by atoms with van der Waals surface area (Å²) >= 11 is 5.32. The van der Waals surface area contributed by atoms with Crippen LogP contribution in [0.25, 0.3) is 0 Å². The van der Waals surface area contributed by atoms with Crippen LogP contribution in [-0.4, -0.2) is 9.97 Å². The van der Waals surface area contributed by atoms with Crippen LogP contribution in [0.1, 0.15) is 27.6 Å². The maximum absolute atomic E-state index is 4.36. The largest absolute Gasteiger partial charge is 0.365 e. The van der Waals surface area contributed by atoms with Gasteiger partial charge in [0.1, 0.15) is 16.2 Å². The Hall–Kier alpha value is -0.940. The van der Waals surface area contributed by atoms with Gasteiger partial charge in [-0.25, -0.2) is 9.97 Å². The van der Waals surface area contributed by atoms with Crippen molar-refractivity contribution in [3.63, 3.8) is 0 Å². The van der Waals surface area contributed by atoms with E-state index in [0.717, 1.165) is 22.8 Å². The molecule has 2 heterocycles. The van der Waals surface area contributed by atoms with E-state index in [9.17, 15) is 0 Å². The highest BCUT2D eigenvalue weighted by Crippen LogP contribution is 2.30. The predicted molar refractivity (Wildman–Crippen MR) is 78.1 cm³/mol. The van der Waals surface area contributed by atoms with Gasteiger partial charge in [-0.1, -0.05) is 0 Å². The number of rotatable bonds is 3. The van der Waals surface area contributed by atoms with Gasteiger partial charge in [-0.3, -0.25) is 0 Å². The SMILES string of the molecule is Cc1nc(Br)cc(NCc2cc3c(s2)CCC3)n1. The van der Waals surface area contributed by atoms with Crippen molar-refractivity contribution >= 4 is 33.1 Å². The summed E-state index contributed by atoms with van der Waals surface area (Å²) in [6.07, 6.45) is 3.84. The molecule has 5 heteroatoms. The van der Waals surface area contributed by atoms with Crippen molar-refractivity contribution in [2.24, 2.45) is 0 Å². The fourth-order valence-electron chi connectivity index (χ4n) is 2.28. The first kappa shape index (κ1) is 12.1. The van der Waals surface area contributed by atoms with Gasteiger partial charge in [0.2, 0.25) is 0 Å². The van der Waals surface area contributed by atoms with E-state index in [1.54, 1.807) is 10.4 Å². The molecule has 0 spiro atoms. The van der Waals surface area contributed by atoms with Crippen LogP contribution in [-0.2, 0) is 19.4 Å². The summed E-state index contributed by atoms with van der Waals surface area (Å²) in [6.45, 7) is 2.75. The summed E-state index contributed by atoms with van der Waals surface area (Å²) in [5, 5.41) is 3.36. The molecular formula is C13H14BrN3S. The minimum Gasteiger partial charge on any atom is -0.365 e. The van der Waals surface area contributed by atoms with Crippen molar-refractivity contribution in [1.82, 2.24) is 9.97 Å². The molecule has 3 rings (SSSR count). The molecule has 0 amide bonds. The van der Waals surface area contributed by atoms with Crippen LogP contribution in [0.2, 0.25) is 0 Å². The van der Waals surface area contributed by atoms with Crippen molar-refractivity contribution in [2.45, 2.75) is 32.7 Å². The molecule has 2 aromatic rings. The Bertz CT molecular complexity index is 538. The first-order valence-electron chi connectivity index (χ1n) is 6.06. The van der Waals surface area contributed by atoms with Crippen molar-refractivity contribution in [3.8, 4) is 0 Å². The number of aromatic nitrogens is 2. The lowest BCUT2D eigenvalue weighted by Crippen LogP contribution is -2.02. The summed E-state index contributed by atoms with van der Waals surface area (Å²) in [5.41, 5.74) is 1.55. The zero-order valence-electron chi connectivity index (χ0n) is 10.2. The second-order valence-electron chi connectivity index (χ2n) is 4.49. The van der Waals surface area contributed by atoms with Gasteiger partial charge in [-0.15, -0.1) is 11.3 Å². The van der Waals surface area contributed by atoms with Crippen LogP contribution in [0, 0.1) is 6.92 Å². The van der Waals surface area contributed by atoms with Crippen LogP contribution < -0.4 is 5.32 Å². The Morgan fingerprint density at radius 1 is 1.33 bits per heavy atom. The molecule has 1 aliphatic carbocycles. The lowest BCUT2D eigenvalue weighted by Gasteiger charge is -2.05. The number of halogens is 1. The Labute approximate surface area is 119 Å². The number of thiophene rings is 1. The van der Waals surface area contributed by atoms with Crippen LogP contribution in [0.3, 0.4) is 0 Å². The quantitative estimate of drug-likeness (QED) is 0.875. The Morgan fingerprint density at radius 2 is 2.22 bits per heavy atom. The van der Waals surface area contributed by atoms with E-state index < -0.39 is 0 Å². The van der Waals surface area contributed by atoms with Crippen molar-refractivity contribution < 1.29 is 0 Å². The summed E-state index contributed by atoms with van der Waals surface area (Å²) < 4.78 is 0.825. The normalized spacial score (nSPS) is 13.7. The van der Waals surface area contributed by atoms with Gasteiger partial charge in [-0.05, 0) is 53.7 Å². The predicted octanol–water partition coefficient (Wildman–Crippen LogP) is 3.71. The van der Waals surface area contributed by atoms with E-state index in [1.165, 1.54) is 24.1 Å². The van der Waals surface area contributed by atoms with E-state index in [0.29, 0.717) is 0 Å². The van der Waals surface area contributed by atoms with E-state index in [-0.39, 0.29) is 0 Å². The van der Waals surface area contributed by atoms with Gasteiger partial charge < -0.3 is 5.32 Å². The molecular weight excluding hydrogens is 310 g/mol. The number of anilines is 1. The van der Waals surface area contributed by atoms with Crippen LogP contribution >= 0.6 is 27.3 Å². The average Bonchev–Trinajstić information content (AvgIpc) is 2.84. The molecule has 0 radical (unpaired) electrons. The highest BCUT2D eigenvalue weighted by atomic mass is 79.9. The molecule has 0 aliphatic heterocycles. The lowest BCUT2D eigenvalue weighted by molar-refractivity contribution is 0.913. The van der Waals surface area contributed by atoms with E-state index in [4.69, 9.17) is 0 Å². The molecule has 0 saturated carbocycles. The fraction of sp³-hybridized carbons (Fsp3) is 0.385. The second-order valence-corrected chi connectivity index (χ2v) is 6.53. The number of nitrogens with one attached hydrogen (secondary N) is 1. The standard InChI is InChI=1S/C13H14BrN3S/c1-8-16-12(14)6-13(17-8)15-7-10-5-9-3-2-4-11(9)18-10/h5-6H,2-4,7H2,1H3,(H,15,16,17). The third kappa shape index (κ3) is 2.57. The van der Waals surface area contributed by atoms with Gasteiger partial charge >= 0.3 is 0 Å². The minimum absolute atomic E-state index is 0.778. The second kappa shape index (κ2) is 4.97. The molecule has 0 saturated heterocycles. The molecule has 2 aromatic heterocycles. The summed E-state index contributed by atoms with van der Waals surface area (Å²) in [6, 6.07) is 4.25. The smallest absolute Gasteiger partial charge is 0.131 e. The van der Waals surface area contributed by atoms with Crippen molar-refractivity contribution in [3.05, 3.63) is 37.9 Å². The highest BCUT2D eigenvalue weighted by molar-refractivity contribution is 9.10. The third-order valence-electron chi connectivity index (χ3n) is 3.05. The molecule has 18 heavy (non-hydrogen) atoms. The molecule has 0 bridgehead atoms. The molecule has 0 fully saturated rings. The first-order chi connectivity index (χ1) is 8.70. The maximum Gasteiger partial charge on any atom is 0.131 e. The lowest BCUT2D eigenvalue weighted by atomic mass is 10.2. The first-order valence-corrected chi connectivity index (χ1v) is 7.67. The summed E-state index contributed by atoms with van der Waals surface area (Å²) in [4.78, 5) is 11.5. The Balaban J connectivity index is 1.70. The van der Waals surface area contributed by atoms with Gasteiger partial charge in [0.15, 0.2) is 0 Å². The third-order valence-corrected chi connectivity index (χ3v) is 4.69. The molecule has 0 aromatic carbocycles. The van der Waals surface area contributed by atoms with Crippen LogP contribution in [0.15, 0.2) is 16.7 Å². The van der Waals surface area contributed by atoms with E-state index >= 15 is 0 Å². The number of nitrogens with zero attached hydrogens (tertiary/aromatic N) is 2. The number of aryl methyl sites for hydroxylation is 3. The topological polar surface area (TPSA) is 37.8 Å². The number of fused-ring (bicyclic) bond motifs is 1. The Morgan fingerprint density at radius 3 is 3.00 bits per heavy atom. The Kier molecular flexibility index (Phi) is 3.35.